The number of nitrogens with two attached hydrogens (primary N) is 1. The summed E-state index contributed by atoms with van der Waals surface area (Å²) in [6.45, 7) is 2.97. The Morgan fingerprint density at radius 3 is 2.84 bits per heavy atom. The monoisotopic (exact) mass is 299 g/mol. The minimum absolute atomic E-state index is 0.0138. The summed E-state index contributed by atoms with van der Waals surface area (Å²) in [5.74, 6) is 2.34. The zero-order valence-electron chi connectivity index (χ0n) is 10.7. The second-order valence-corrected chi connectivity index (χ2v) is 6.12. The van der Waals surface area contributed by atoms with Crippen LogP contribution in [0.15, 0.2) is 18.2 Å². The number of rotatable bonds is 4. The van der Waals surface area contributed by atoms with Crippen LogP contribution in [0, 0.1) is 0 Å². The van der Waals surface area contributed by atoms with Crippen molar-refractivity contribution in [3.05, 3.63) is 23.2 Å². The van der Waals surface area contributed by atoms with Gasteiger partial charge in [0.1, 0.15) is 0 Å². The molecule has 0 aromatic heterocycles. The molecule has 0 atom stereocenters. The summed E-state index contributed by atoms with van der Waals surface area (Å²) in [6.07, 6.45) is 0.507. The van der Waals surface area contributed by atoms with Gasteiger partial charge in [0.15, 0.2) is 0 Å². The summed E-state index contributed by atoms with van der Waals surface area (Å²) in [4.78, 5) is 14.2. The topological polar surface area (TPSA) is 58.4 Å². The number of thioether (sulfide) groups is 1. The number of halogens is 1. The lowest BCUT2D eigenvalue weighted by Gasteiger charge is -2.25. The molecule has 1 aromatic rings. The molecule has 1 aliphatic rings. The van der Waals surface area contributed by atoms with Crippen molar-refractivity contribution in [2.24, 2.45) is 0 Å². The molecule has 104 valence electrons. The van der Waals surface area contributed by atoms with Gasteiger partial charge in [0, 0.05) is 43.2 Å². The number of benzene rings is 1. The maximum Gasteiger partial charge on any atom is 0.225 e. The van der Waals surface area contributed by atoms with Gasteiger partial charge in [-0.3, -0.25) is 4.79 Å². The molecule has 1 heterocycles. The van der Waals surface area contributed by atoms with Crippen molar-refractivity contribution < 1.29 is 4.79 Å². The van der Waals surface area contributed by atoms with Crippen molar-refractivity contribution in [1.82, 2.24) is 4.90 Å². The molecule has 19 heavy (non-hydrogen) atoms. The summed E-state index contributed by atoms with van der Waals surface area (Å²) in [5, 5.41) is 3.34. The number of carbonyl (C=O) groups is 1. The number of nitrogens with one attached hydrogen (secondary N) is 1. The Morgan fingerprint density at radius 2 is 2.16 bits per heavy atom. The van der Waals surface area contributed by atoms with Crippen LogP contribution in [0.5, 0.6) is 0 Å². The molecule has 0 unspecified atom stereocenters. The third kappa shape index (κ3) is 4.60. The lowest BCUT2D eigenvalue weighted by atomic mass is 10.2. The van der Waals surface area contributed by atoms with Gasteiger partial charge in [-0.1, -0.05) is 11.6 Å². The molecule has 6 heteroatoms. The Morgan fingerprint density at radius 1 is 1.42 bits per heavy atom. The van der Waals surface area contributed by atoms with E-state index in [1.165, 1.54) is 0 Å². The van der Waals surface area contributed by atoms with Crippen LogP contribution in [-0.4, -0.2) is 41.9 Å². The summed E-state index contributed by atoms with van der Waals surface area (Å²) in [6, 6.07) is 5.13. The van der Waals surface area contributed by atoms with E-state index in [1.807, 2.05) is 11.8 Å². The first kappa shape index (κ1) is 14.5. The average Bonchev–Trinajstić information content (AvgIpc) is 2.42. The van der Waals surface area contributed by atoms with Crippen molar-refractivity contribution in [2.75, 3.05) is 42.2 Å². The highest BCUT2D eigenvalue weighted by atomic mass is 35.5. The zero-order valence-corrected chi connectivity index (χ0v) is 12.3. The Balaban J connectivity index is 1.78. The van der Waals surface area contributed by atoms with Gasteiger partial charge in [-0.05, 0) is 18.2 Å². The van der Waals surface area contributed by atoms with E-state index in [9.17, 15) is 4.79 Å². The van der Waals surface area contributed by atoms with Crippen LogP contribution in [0.2, 0.25) is 5.02 Å². The third-order valence-corrected chi connectivity index (χ3v) is 4.33. The lowest BCUT2D eigenvalue weighted by molar-refractivity contribution is -0.116. The van der Waals surface area contributed by atoms with Gasteiger partial charge < -0.3 is 16.0 Å². The van der Waals surface area contributed by atoms with Gasteiger partial charge in [0.2, 0.25) is 5.91 Å². The van der Waals surface area contributed by atoms with Crippen LogP contribution in [0.3, 0.4) is 0 Å². The molecule has 1 saturated heterocycles. The summed E-state index contributed by atoms with van der Waals surface area (Å²) in [7, 11) is 0. The molecular formula is C13H18ClN3OS. The molecule has 0 radical (unpaired) electrons. The van der Waals surface area contributed by atoms with E-state index in [0.29, 0.717) is 22.8 Å². The van der Waals surface area contributed by atoms with Crippen LogP contribution < -0.4 is 11.1 Å². The van der Waals surface area contributed by atoms with Gasteiger partial charge in [-0.25, -0.2) is 0 Å². The van der Waals surface area contributed by atoms with Crippen molar-refractivity contribution >= 4 is 40.6 Å². The first-order valence-electron chi connectivity index (χ1n) is 6.30. The summed E-state index contributed by atoms with van der Waals surface area (Å²) in [5.41, 5.74) is 6.87. The molecule has 3 N–H and O–H groups in total. The number of amides is 1. The van der Waals surface area contributed by atoms with E-state index < -0.39 is 0 Å². The highest BCUT2D eigenvalue weighted by Crippen LogP contribution is 2.22. The second kappa shape index (κ2) is 7.03. The van der Waals surface area contributed by atoms with Crippen molar-refractivity contribution in [1.29, 1.82) is 0 Å². The van der Waals surface area contributed by atoms with Crippen molar-refractivity contribution in [3.8, 4) is 0 Å². The van der Waals surface area contributed by atoms with E-state index in [-0.39, 0.29) is 5.91 Å². The van der Waals surface area contributed by atoms with Gasteiger partial charge in [0.05, 0.1) is 10.7 Å². The number of hydrogen-bond acceptors (Lipinski definition) is 4. The van der Waals surface area contributed by atoms with E-state index in [2.05, 4.69) is 10.2 Å². The molecular weight excluding hydrogens is 282 g/mol. The third-order valence-electron chi connectivity index (χ3n) is 3.04. The van der Waals surface area contributed by atoms with E-state index in [4.69, 9.17) is 17.3 Å². The van der Waals surface area contributed by atoms with Crippen LogP contribution in [0.4, 0.5) is 11.4 Å². The Labute approximate surface area is 122 Å². The quantitative estimate of drug-likeness (QED) is 0.838. The minimum Gasteiger partial charge on any atom is -0.397 e. The SMILES string of the molecule is Nc1cc(NC(=O)CCN2CCSCC2)ccc1Cl. The fourth-order valence-corrected chi connectivity index (χ4v) is 3.03. The molecule has 1 fully saturated rings. The normalized spacial score (nSPS) is 16.3. The van der Waals surface area contributed by atoms with Gasteiger partial charge >= 0.3 is 0 Å². The number of hydrogen-bond donors (Lipinski definition) is 2. The number of nitrogen functional groups attached to an aromatic ring is 1. The van der Waals surface area contributed by atoms with Gasteiger partial charge in [0.25, 0.3) is 0 Å². The Kier molecular flexibility index (Phi) is 5.36. The molecule has 1 amide bonds. The number of anilines is 2. The maximum absolute atomic E-state index is 11.8. The fourth-order valence-electron chi connectivity index (χ4n) is 1.93. The standard InChI is InChI=1S/C13H18ClN3OS/c14-11-2-1-10(9-12(11)15)16-13(18)3-4-17-5-7-19-8-6-17/h1-2,9H,3-8,15H2,(H,16,18). The van der Waals surface area contributed by atoms with Gasteiger partial charge in [-0.2, -0.15) is 11.8 Å². The molecule has 4 nitrogen and oxygen atoms in total. The maximum atomic E-state index is 11.8. The predicted octanol–water partition coefficient (Wildman–Crippen LogP) is 2.30. The average molecular weight is 300 g/mol. The van der Waals surface area contributed by atoms with E-state index >= 15 is 0 Å². The number of carbonyl (C=O) groups excluding carboxylic acids is 1. The first-order valence-corrected chi connectivity index (χ1v) is 7.83. The smallest absolute Gasteiger partial charge is 0.225 e. The highest BCUT2D eigenvalue weighted by Gasteiger charge is 2.12. The Bertz CT molecular complexity index is 450. The van der Waals surface area contributed by atoms with Crippen LogP contribution in [0.25, 0.3) is 0 Å². The van der Waals surface area contributed by atoms with Crippen molar-refractivity contribution in [2.45, 2.75) is 6.42 Å². The fraction of sp³-hybridized carbons (Fsp3) is 0.462. The number of nitrogens with zero attached hydrogens (tertiary/aromatic N) is 1. The van der Waals surface area contributed by atoms with E-state index in [0.717, 1.165) is 31.1 Å². The second-order valence-electron chi connectivity index (χ2n) is 4.49. The molecule has 0 spiro atoms. The zero-order chi connectivity index (χ0) is 13.7. The predicted molar refractivity (Wildman–Crippen MR) is 82.9 cm³/mol. The minimum atomic E-state index is 0.0138. The molecule has 0 saturated carbocycles. The lowest BCUT2D eigenvalue weighted by Crippen LogP contribution is -2.34. The van der Waals surface area contributed by atoms with E-state index in [1.54, 1.807) is 18.2 Å². The highest BCUT2D eigenvalue weighted by molar-refractivity contribution is 7.99. The first-order chi connectivity index (χ1) is 9.15. The molecule has 0 aliphatic carbocycles. The molecule has 0 bridgehead atoms. The van der Waals surface area contributed by atoms with Crippen LogP contribution in [-0.2, 0) is 4.79 Å². The summed E-state index contributed by atoms with van der Waals surface area (Å²) >= 11 is 7.80. The molecule has 1 aromatic carbocycles. The largest absolute Gasteiger partial charge is 0.397 e. The van der Waals surface area contributed by atoms with Crippen LogP contribution in [0.1, 0.15) is 6.42 Å². The Hall–Kier alpha value is -0.910. The van der Waals surface area contributed by atoms with Crippen molar-refractivity contribution in [3.63, 3.8) is 0 Å². The van der Waals surface area contributed by atoms with Crippen LogP contribution >= 0.6 is 23.4 Å². The summed E-state index contributed by atoms with van der Waals surface area (Å²) < 4.78 is 0. The molecule has 2 rings (SSSR count). The molecule has 1 aliphatic heterocycles. The van der Waals surface area contributed by atoms with Gasteiger partial charge in [-0.15, -0.1) is 0 Å².